The second-order valence-corrected chi connectivity index (χ2v) is 9.53. The predicted molar refractivity (Wildman–Crippen MR) is 154 cm³/mol. The highest BCUT2D eigenvalue weighted by atomic mass is 16.2. The summed E-state index contributed by atoms with van der Waals surface area (Å²) in [7, 11) is 0. The molecule has 0 saturated carbocycles. The van der Waals surface area contributed by atoms with Crippen LogP contribution in [0.5, 0.6) is 0 Å². The molecule has 0 spiro atoms. The van der Waals surface area contributed by atoms with E-state index in [1.54, 1.807) is 60.7 Å². The summed E-state index contributed by atoms with van der Waals surface area (Å²) in [6.45, 7) is 2.17. The minimum atomic E-state index is -1.52. The van der Waals surface area contributed by atoms with Gasteiger partial charge in [-0.05, 0) is 63.3 Å². The van der Waals surface area contributed by atoms with Crippen LogP contribution in [-0.4, -0.2) is 54.8 Å². The van der Waals surface area contributed by atoms with E-state index in [0.717, 1.165) is 0 Å². The molecule has 0 bridgehead atoms. The summed E-state index contributed by atoms with van der Waals surface area (Å²) in [6, 6.07) is 15.0. The predicted octanol–water partition coefficient (Wildman–Crippen LogP) is -0.0307. The van der Waals surface area contributed by atoms with Crippen LogP contribution in [0.1, 0.15) is 54.9 Å². The number of nitrogens with zero attached hydrogens (tertiary/aromatic N) is 1. The fraction of sp³-hybridized carbons (Fsp3) is 0.393. The van der Waals surface area contributed by atoms with Gasteiger partial charge in [-0.2, -0.15) is 0 Å². The van der Waals surface area contributed by atoms with Crippen LogP contribution >= 0.6 is 0 Å². The largest absolute Gasteiger partial charge is 0.370 e. The van der Waals surface area contributed by atoms with E-state index in [1.165, 1.54) is 6.92 Å². The third-order valence-electron chi connectivity index (χ3n) is 6.40. The molecule has 0 saturated heterocycles. The van der Waals surface area contributed by atoms with Gasteiger partial charge in [0, 0.05) is 12.1 Å². The summed E-state index contributed by atoms with van der Waals surface area (Å²) in [6.07, 6.45) is 2.02. The molecule has 4 amide bonds. The summed E-state index contributed by atoms with van der Waals surface area (Å²) in [5.41, 5.74) is 21.5. The number of unbranched alkanes of at least 4 members (excludes halogenated alkanes) is 1. The van der Waals surface area contributed by atoms with E-state index in [1.807, 2.05) is 0 Å². The van der Waals surface area contributed by atoms with Crippen LogP contribution in [0.25, 0.3) is 0 Å². The summed E-state index contributed by atoms with van der Waals surface area (Å²) in [5, 5.41) is 8.21. The van der Waals surface area contributed by atoms with Crippen molar-refractivity contribution in [2.75, 3.05) is 13.1 Å². The molecule has 0 heterocycles. The zero-order valence-corrected chi connectivity index (χ0v) is 22.8. The fourth-order valence-corrected chi connectivity index (χ4v) is 4.02. The van der Waals surface area contributed by atoms with Crippen molar-refractivity contribution in [1.29, 1.82) is 0 Å². The van der Waals surface area contributed by atoms with E-state index < -0.39 is 41.3 Å². The number of nitrogens with two attached hydrogens (primary N) is 4. The molecular weight excluding hydrogens is 512 g/mol. The van der Waals surface area contributed by atoms with Crippen LogP contribution in [0.15, 0.2) is 65.7 Å². The zero-order chi connectivity index (χ0) is 29.5. The van der Waals surface area contributed by atoms with Crippen molar-refractivity contribution >= 4 is 29.6 Å². The van der Waals surface area contributed by atoms with Crippen molar-refractivity contribution in [3.8, 4) is 0 Å². The number of guanidine groups is 1. The molecule has 0 aliphatic rings. The minimum Gasteiger partial charge on any atom is -0.370 e. The van der Waals surface area contributed by atoms with Crippen molar-refractivity contribution in [3.05, 3.63) is 71.8 Å². The molecule has 40 heavy (non-hydrogen) atoms. The fourth-order valence-electron chi connectivity index (χ4n) is 4.02. The monoisotopic (exact) mass is 552 g/mol. The molecule has 0 aliphatic heterocycles. The maximum atomic E-state index is 13.5. The van der Waals surface area contributed by atoms with Crippen molar-refractivity contribution in [1.82, 2.24) is 16.0 Å². The average Bonchev–Trinajstić information content (AvgIpc) is 2.94. The molecule has 0 radical (unpaired) electrons. The Hall–Kier alpha value is -4.45. The van der Waals surface area contributed by atoms with Gasteiger partial charge in [0.05, 0.1) is 0 Å². The van der Waals surface area contributed by atoms with Crippen molar-refractivity contribution in [2.45, 2.75) is 56.7 Å². The third kappa shape index (κ3) is 9.70. The minimum absolute atomic E-state index is 0.0816. The summed E-state index contributed by atoms with van der Waals surface area (Å²) in [5.74, 6) is -2.45. The van der Waals surface area contributed by atoms with Gasteiger partial charge in [0.25, 0.3) is 5.91 Å². The quantitative estimate of drug-likeness (QED) is 0.0855. The van der Waals surface area contributed by atoms with Crippen molar-refractivity contribution < 1.29 is 19.2 Å². The second kappa shape index (κ2) is 15.8. The van der Waals surface area contributed by atoms with E-state index in [0.29, 0.717) is 36.9 Å². The first-order valence-electron chi connectivity index (χ1n) is 13.2. The first-order chi connectivity index (χ1) is 19.1. The Labute approximate surface area is 234 Å². The lowest BCUT2D eigenvalue weighted by Crippen LogP contribution is -2.59. The van der Waals surface area contributed by atoms with Gasteiger partial charge in [-0.25, -0.2) is 0 Å². The van der Waals surface area contributed by atoms with Crippen molar-refractivity contribution in [3.63, 3.8) is 0 Å². The Morgan fingerprint density at radius 2 is 1.38 bits per heavy atom. The van der Waals surface area contributed by atoms with E-state index in [4.69, 9.17) is 22.9 Å². The van der Waals surface area contributed by atoms with Crippen LogP contribution in [0.4, 0.5) is 0 Å². The Morgan fingerprint density at radius 3 is 1.95 bits per heavy atom. The molecule has 12 heteroatoms. The van der Waals surface area contributed by atoms with Crippen LogP contribution < -0.4 is 38.9 Å². The Bertz CT molecular complexity index is 1160. The molecule has 2 rings (SSSR count). The number of carbonyl (C=O) groups is 4. The molecular formula is C28H40N8O4. The average molecular weight is 553 g/mol. The molecule has 3 atom stereocenters. The lowest BCUT2D eigenvalue weighted by Gasteiger charge is -2.31. The van der Waals surface area contributed by atoms with E-state index in [9.17, 15) is 19.2 Å². The molecule has 0 unspecified atom stereocenters. The number of hydrogen-bond donors (Lipinski definition) is 7. The standard InChI is InChI=1S/C28H40N8O4/c1-28(26(30)40,20-13-6-3-7-14-20)36-25(39)22(15-8-9-17-29)35-24(38)21(16-10-18-33-27(31)32)34-23(37)19-11-4-2-5-12-19/h2-7,11-14,21-22H,8-10,15-18,29H2,1H3,(H2,30,40)(H,34,37)(H,35,38)(H,36,39)(H4,31,32,33)/t21-,22-,28-/m0/s1. The number of primary amides is 1. The molecule has 216 valence electrons. The normalized spacial score (nSPS) is 13.7. The molecule has 11 N–H and O–H groups in total. The first-order valence-corrected chi connectivity index (χ1v) is 13.2. The molecule has 2 aromatic rings. The van der Waals surface area contributed by atoms with Gasteiger partial charge in [0.15, 0.2) is 5.96 Å². The number of aliphatic imine (C=N–C) groups is 1. The molecule has 2 aromatic carbocycles. The number of amides is 4. The topological polar surface area (TPSA) is 221 Å². The molecule has 0 fully saturated rings. The molecule has 0 aromatic heterocycles. The van der Waals surface area contributed by atoms with Gasteiger partial charge in [-0.3, -0.25) is 24.2 Å². The smallest absolute Gasteiger partial charge is 0.251 e. The maximum absolute atomic E-state index is 13.5. The SMILES string of the molecule is C[C@@](NC(=O)[C@H](CCCCN)NC(=O)[C@H](CCCN=C(N)N)NC(=O)c1ccccc1)(C(N)=O)c1ccccc1. The Morgan fingerprint density at radius 1 is 0.800 bits per heavy atom. The highest BCUT2D eigenvalue weighted by Crippen LogP contribution is 2.21. The van der Waals surface area contributed by atoms with Crippen LogP contribution in [-0.2, 0) is 19.9 Å². The maximum Gasteiger partial charge on any atom is 0.251 e. The Kier molecular flexibility index (Phi) is 12.6. The van der Waals surface area contributed by atoms with E-state index in [-0.39, 0.29) is 25.3 Å². The second-order valence-electron chi connectivity index (χ2n) is 9.53. The van der Waals surface area contributed by atoms with Crippen molar-refractivity contribution in [2.24, 2.45) is 27.9 Å². The zero-order valence-electron chi connectivity index (χ0n) is 22.8. The van der Waals surface area contributed by atoms with Gasteiger partial charge >= 0.3 is 0 Å². The van der Waals surface area contributed by atoms with Gasteiger partial charge in [0.2, 0.25) is 17.7 Å². The summed E-state index contributed by atoms with van der Waals surface area (Å²) >= 11 is 0. The highest BCUT2D eigenvalue weighted by Gasteiger charge is 2.37. The lowest BCUT2D eigenvalue weighted by atomic mass is 9.90. The Balaban J connectivity index is 2.26. The van der Waals surface area contributed by atoms with Gasteiger partial charge in [0.1, 0.15) is 17.6 Å². The highest BCUT2D eigenvalue weighted by molar-refractivity contribution is 5.99. The summed E-state index contributed by atoms with van der Waals surface area (Å²) < 4.78 is 0. The third-order valence-corrected chi connectivity index (χ3v) is 6.40. The number of rotatable bonds is 16. The number of carbonyl (C=O) groups excluding carboxylic acids is 4. The molecule has 12 nitrogen and oxygen atoms in total. The van der Waals surface area contributed by atoms with E-state index >= 15 is 0 Å². The first kappa shape index (κ1) is 31.8. The van der Waals surface area contributed by atoms with Gasteiger partial charge in [-0.1, -0.05) is 48.5 Å². The van der Waals surface area contributed by atoms with E-state index in [2.05, 4.69) is 20.9 Å². The summed E-state index contributed by atoms with van der Waals surface area (Å²) in [4.78, 5) is 56.1. The number of benzene rings is 2. The van der Waals surface area contributed by atoms with Crippen LogP contribution in [0.2, 0.25) is 0 Å². The lowest BCUT2D eigenvalue weighted by molar-refractivity contribution is -0.134. The van der Waals surface area contributed by atoms with Crippen LogP contribution in [0, 0.1) is 0 Å². The number of nitrogens with one attached hydrogen (secondary N) is 3. The van der Waals surface area contributed by atoms with Gasteiger partial charge < -0.3 is 38.9 Å². The number of hydrogen-bond acceptors (Lipinski definition) is 6. The van der Waals surface area contributed by atoms with Crippen LogP contribution in [0.3, 0.4) is 0 Å². The molecule has 0 aliphatic carbocycles. The van der Waals surface area contributed by atoms with Gasteiger partial charge in [-0.15, -0.1) is 0 Å².